The third-order valence-electron chi connectivity index (χ3n) is 2.99. The summed E-state index contributed by atoms with van der Waals surface area (Å²) in [7, 11) is 0. The van der Waals surface area contributed by atoms with E-state index in [2.05, 4.69) is 9.97 Å². The molecule has 0 aliphatic heterocycles. The lowest BCUT2D eigenvalue weighted by molar-refractivity contribution is 0.0527. The molecule has 6 heteroatoms. The summed E-state index contributed by atoms with van der Waals surface area (Å²) in [5.74, 6) is -0.214. The molecule has 3 aromatic rings. The number of nitrogens with zero attached hydrogens (tertiary/aromatic N) is 1. The molecule has 0 saturated heterocycles. The van der Waals surface area contributed by atoms with Crippen molar-refractivity contribution in [3.05, 3.63) is 52.5 Å². The van der Waals surface area contributed by atoms with E-state index in [1.165, 1.54) is 6.26 Å². The lowest BCUT2D eigenvalue weighted by Crippen LogP contribution is -2.13. The van der Waals surface area contributed by atoms with Gasteiger partial charge in [-0.05, 0) is 6.92 Å². The van der Waals surface area contributed by atoms with Crippen molar-refractivity contribution in [3.8, 4) is 11.4 Å². The van der Waals surface area contributed by atoms with Crippen molar-refractivity contribution >= 4 is 17.1 Å². The van der Waals surface area contributed by atoms with E-state index in [0.29, 0.717) is 5.82 Å². The van der Waals surface area contributed by atoms with Gasteiger partial charge in [0.05, 0.1) is 6.61 Å². The van der Waals surface area contributed by atoms with Crippen LogP contribution in [0.2, 0.25) is 0 Å². The van der Waals surface area contributed by atoms with Crippen LogP contribution < -0.4 is 5.56 Å². The first-order valence-corrected chi connectivity index (χ1v) is 6.44. The summed E-state index contributed by atoms with van der Waals surface area (Å²) in [4.78, 5) is 30.9. The number of fused-ring (bicyclic) bond motifs is 1. The van der Waals surface area contributed by atoms with Crippen LogP contribution in [0.5, 0.6) is 0 Å². The monoisotopic (exact) mass is 284 g/mol. The van der Waals surface area contributed by atoms with Crippen LogP contribution in [0.15, 0.2) is 45.8 Å². The molecule has 1 aromatic carbocycles. The van der Waals surface area contributed by atoms with Crippen molar-refractivity contribution in [2.45, 2.75) is 6.92 Å². The third kappa shape index (κ3) is 2.31. The number of benzene rings is 1. The molecule has 0 aliphatic carbocycles. The summed E-state index contributed by atoms with van der Waals surface area (Å²) in [6, 6.07) is 9.18. The number of rotatable bonds is 3. The Hall–Kier alpha value is -2.89. The molecule has 0 amide bonds. The highest BCUT2D eigenvalue weighted by atomic mass is 16.5. The molecule has 0 radical (unpaired) electrons. The minimum absolute atomic E-state index is 0.0835. The summed E-state index contributed by atoms with van der Waals surface area (Å²) in [6.45, 7) is 1.91. The first kappa shape index (κ1) is 13.1. The van der Waals surface area contributed by atoms with E-state index in [4.69, 9.17) is 9.15 Å². The largest absolute Gasteiger partial charge is 0.462 e. The number of ether oxygens (including phenoxy) is 1. The molecule has 0 spiro atoms. The predicted molar refractivity (Wildman–Crippen MR) is 76.0 cm³/mol. The summed E-state index contributed by atoms with van der Waals surface area (Å²) >= 11 is 0. The van der Waals surface area contributed by atoms with E-state index in [1.807, 2.05) is 30.3 Å². The smallest absolute Gasteiger partial charge is 0.342 e. The van der Waals surface area contributed by atoms with E-state index < -0.39 is 11.5 Å². The lowest BCUT2D eigenvalue weighted by Gasteiger charge is -2.01. The second kappa shape index (κ2) is 5.24. The zero-order valence-corrected chi connectivity index (χ0v) is 11.3. The van der Waals surface area contributed by atoms with Crippen LogP contribution in [0.4, 0.5) is 0 Å². The second-order valence-electron chi connectivity index (χ2n) is 4.33. The van der Waals surface area contributed by atoms with Crippen LogP contribution in [0.1, 0.15) is 17.3 Å². The van der Waals surface area contributed by atoms with Crippen LogP contribution in [-0.2, 0) is 4.74 Å². The van der Waals surface area contributed by atoms with Gasteiger partial charge in [0, 0.05) is 5.56 Å². The fraction of sp³-hybridized carbons (Fsp3) is 0.133. The van der Waals surface area contributed by atoms with Crippen LogP contribution in [-0.4, -0.2) is 22.5 Å². The van der Waals surface area contributed by atoms with Crippen molar-refractivity contribution in [1.29, 1.82) is 0 Å². The number of H-pyrrole nitrogens is 1. The molecule has 0 saturated carbocycles. The maximum atomic E-state index is 12.2. The molecule has 0 atom stereocenters. The number of nitrogens with one attached hydrogen (secondary N) is 1. The van der Waals surface area contributed by atoms with Gasteiger partial charge in [-0.15, -0.1) is 0 Å². The molecular weight excluding hydrogens is 272 g/mol. The molecular formula is C15H12N2O4. The molecule has 0 bridgehead atoms. The Kier molecular flexibility index (Phi) is 3.27. The maximum absolute atomic E-state index is 12.2. The highest BCUT2D eigenvalue weighted by Crippen LogP contribution is 2.20. The van der Waals surface area contributed by atoms with Gasteiger partial charge < -0.3 is 14.1 Å². The summed E-state index contributed by atoms with van der Waals surface area (Å²) in [6.07, 6.45) is 1.19. The Balaban J connectivity index is 2.15. The molecule has 21 heavy (non-hydrogen) atoms. The zero-order valence-electron chi connectivity index (χ0n) is 11.3. The number of aromatic amines is 1. The van der Waals surface area contributed by atoms with E-state index in [1.54, 1.807) is 6.92 Å². The van der Waals surface area contributed by atoms with Crippen molar-refractivity contribution in [2.75, 3.05) is 6.61 Å². The zero-order chi connectivity index (χ0) is 14.8. The normalized spacial score (nSPS) is 10.7. The standard InChI is InChI=1S/C15H12N2O4/c1-2-20-15(19)10-8-21-14-11(10)13(18)16-12(17-14)9-6-4-3-5-7-9/h3-8H,2H2,1H3,(H,16,17,18). The Labute approximate surface area is 119 Å². The topological polar surface area (TPSA) is 85.2 Å². The molecule has 2 heterocycles. The average Bonchev–Trinajstić information content (AvgIpc) is 2.93. The summed E-state index contributed by atoms with van der Waals surface area (Å²) < 4.78 is 10.1. The van der Waals surface area contributed by atoms with E-state index in [-0.39, 0.29) is 23.3 Å². The SMILES string of the molecule is CCOC(=O)c1coc2nc(-c3ccccc3)[nH]c(=O)c12. The predicted octanol–water partition coefficient (Wildman–Crippen LogP) is 2.36. The van der Waals surface area contributed by atoms with Gasteiger partial charge in [-0.3, -0.25) is 4.79 Å². The minimum Gasteiger partial charge on any atom is -0.462 e. The number of hydrogen-bond donors (Lipinski definition) is 1. The number of hydrogen-bond acceptors (Lipinski definition) is 5. The minimum atomic E-state index is -0.601. The Morgan fingerprint density at radius 3 is 2.81 bits per heavy atom. The molecule has 106 valence electrons. The Morgan fingerprint density at radius 1 is 1.33 bits per heavy atom. The summed E-state index contributed by atoms with van der Waals surface area (Å²) in [5.41, 5.74) is 0.516. The van der Waals surface area contributed by atoms with Crippen LogP contribution >= 0.6 is 0 Å². The summed E-state index contributed by atoms with van der Waals surface area (Å²) in [5, 5.41) is 0.105. The maximum Gasteiger partial charge on any atom is 0.342 e. The van der Waals surface area contributed by atoms with Crippen LogP contribution in [0.3, 0.4) is 0 Å². The second-order valence-corrected chi connectivity index (χ2v) is 4.33. The van der Waals surface area contributed by atoms with Gasteiger partial charge in [0.15, 0.2) is 0 Å². The molecule has 0 aliphatic rings. The number of carbonyl (C=O) groups is 1. The van der Waals surface area contributed by atoms with Crippen molar-refractivity contribution in [2.24, 2.45) is 0 Å². The molecule has 0 fully saturated rings. The number of aromatic nitrogens is 2. The molecule has 6 nitrogen and oxygen atoms in total. The van der Waals surface area contributed by atoms with Gasteiger partial charge in [-0.25, -0.2) is 4.79 Å². The van der Waals surface area contributed by atoms with Crippen molar-refractivity contribution in [3.63, 3.8) is 0 Å². The first-order valence-electron chi connectivity index (χ1n) is 6.44. The molecule has 1 N–H and O–H groups in total. The fourth-order valence-corrected chi connectivity index (χ4v) is 2.04. The third-order valence-corrected chi connectivity index (χ3v) is 2.99. The number of esters is 1. The Morgan fingerprint density at radius 2 is 2.10 bits per heavy atom. The molecule has 2 aromatic heterocycles. The lowest BCUT2D eigenvalue weighted by atomic mass is 10.2. The molecule has 3 rings (SSSR count). The van der Waals surface area contributed by atoms with Gasteiger partial charge in [-0.1, -0.05) is 30.3 Å². The van der Waals surface area contributed by atoms with Crippen LogP contribution in [0, 0.1) is 0 Å². The average molecular weight is 284 g/mol. The first-order chi connectivity index (χ1) is 10.2. The number of carbonyl (C=O) groups excluding carboxylic acids is 1. The van der Waals surface area contributed by atoms with Gasteiger partial charge >= 0.3 is 5.97 Å². The highest BCUT2D eigenvalue weighted by molar-refractivity contribution is 6.02. The van der Waals surface area contributed by atoms with E-state index in [0.717, 1.165) is 5.56 Å². The van der Waals surface area contributed by atoms with Crippen LogP contribution in [0.25, 0.3) is 22.5 Å². The van der Waals surface area contributed by atoms with E-state index in [9.17, 15) is 9.59 Å². The van der Waals surface area contributed by atoms with Crippen molar-refractivity contribution in [1.82, 2.24) is 9.97 Å². The fourth-order valence-electron chi connectivity index (χ4n) is 2.04. The van der Waals surface area contributed by atoms with Gasteiger partial charge in [0.1, 0.15) is 23.0 Å². The van der Waals surface area contributed by atoms with E-state index >= 15 is 0 Å². The molecule has 0 unspecified atom stereocenters. The van der Waals surface area contributed by atoms with Gasteiger partial charge in [0.25, 0.3) is 5.56 Å². The van der Waals surface area contributed by atoms with Gasteiger partial charge in [-0.2, -0.15) is 4.98 Å². The van der Waals surface area contributed by atoms with Crippen molar-refractivity contribution < 1.29 is 13.9 Å². The quantitative estimate of drug-likeness (QED) is 0.746. The number of furan rings is 1. The Bertz CT molecular complexity index is 849. The highest BCUT2D eigenvalue weighted by Gasteiger charge is 2.19. The van der Waals surface area contributed by atoms with Gasteiger partial charge in [0.2, 0.25) is 5.71 Å².